The lowest BCUT2D eigenvalue weighted by Crippen LogP contribution is -1.96. The van der Waals surface area contributed by atoms with Crippen molar-refractivity contribution in [1.29, 1.82) is 0 Å². The molecular formula is C16H14N2OS. The molecule has 0 amide bonds. The second-order valence-corrected chi connectivity index (χ2v) is 5.22. The van der Waals surface area contributed by atoms with E-state index in [1.807, 2.05) is 12.1 Å². The largest absolute Gasteiger partial charge is 0.488 e. The summed E-state index contributed by atoms with van der Waals surface area (Å²) in [6, 6.07) is 12.2. The lowest BCUT2D eigenvalue weighted by Gasteiger charge is -2.09. The number of benzene rings is 1. The third-order valence-electron chi connectivity index (χ3n) is 3.03. The Kier molecular flexibility index (Phi) is 3.83. The number of fused-ring (bicyclic) bond motifs is 1. The summed E-state index contributed by atoms with van der Waals surface area (Å²) in [4.78, 5) is 9.60. The van der Waals surface area contributed by atoms with E-state index in [9.17, 15) is 0 Å². The Hall–Kier alpha value is -2.07. The van der Waals surface area contributed by atoms with Crippen molar-refractivity contribution in [1.82, 2.24) is 9.97 Å². The standard InChI is InChI=1S/C16H14N2OS/c1-20-13-4-2-3-12(9-13)11-19-16-6-8-18-15-10-17-7-5-14(15)16/h2-10H,11H2,1H3. The van der Waals surface area contributed by atoms with Crippen LogP contribution in [-0.2, 0) is 6.61 Å². The number of thioether (sulfide) groups is 1. The minimum absolute atomic E-state index is 0.551. The van der Waals surface area contributed by atoms with E-state index in [1.54, 1.807) is 30.4 Å². The van der Waals surface area contributed by atoms with E-state index in [2.05, 4.69) is 40.5 Å². The summed E-state index contributed by atoms with van der Waals surface area (Å²) in [5.74, 6) is 0.840. The van der Waals surface area contributed by atoms with Crippen LogP contribution in [0.2, 0.25) is 0 Å². The van der Waals surface area contributed by atoms with Crippen LogP contribution in [0.1, 0.15) is 5.56 Å². The molecule has 0 atom stereocenters. The van der Waals surface area contributed by atoms with Gasteiger partial charge in [-0.05, 0) is 36.1 Å². The molecule has 0 aliphatic heterocycles. The van der Waals surface area contributed by atoms with E-state index in [4.69, 9.17) is 4.74 Å². The molecular weight excluding hydrogens is 268 g/mol. The number of hydrogen-bond donors (Lipinski definition) is 0. The first-order chi connectivity index (χ1) is 9.86. The Bertz CT molecular complexity index is 725. The Labute approximate surface area is 122 Å². The first-order valence-corrected chi connectivity index (χ1v) is 7.54. The van der Waals surface area contributed by atoms with Crippen molar-refractivity contribution < 1.29 is 4.74 Å². The highest BCUT2D eigenvalue weighted by atomic mass is 32.2. The summed E-state index contributed by atoms with van der Waals surface area (Å²) >= 11 is 1.73. The van der Waals surface area contributed by atoms with Crippen LogP contribution in [0.15, 0.2) is 59.9 Å². The molecule has 1 aromatic carbocycles. The summed E-state index contributed by atoms with van der Waals surface area (Å²) in [6.45, 7) is 0.551. The van der Waals surface area contributed by atoms with Gasteiger partial charge in [0.05, 0.1) is 11.7 Å². The molecule has 4 heteroatoms. The van der Waals surface area contributed by atoms with Crippen molar-refractivity contribution >= 4 is 22.7 Å². The lowest BCUT2D eigenvalue weighted by molar-refractivity contribution is 0.309. The van der Waals surface area contributed by atoms with Crippen LogP contribution in [0.25, 0.3) is 10.9 Å². The van der Waals surface area contributed by atoms with Gasteiger partial charge < -0.3 is 4.74 Å². The molecule has 3 nitrogen and oxygen atoms in total. The first kappa shape index (κ1) is 12.9. The smallest absolute Gasteiger partial charge is 0.130 e. The molecule has 0 fully saturated rings. The highest BCUT2D eigenvalue weighted by Crippen LogP contribution is 2.24. The number of aromatic nitrogens is 2. The van der Waals surface area contributed by atoms with Gasteiger partial charge in [0.25, 0.3) is 0 Å². The van der Waals surface area contributed by atoms with E-state index in [1.165, 1.54) is 4.90 Å². The fourth-order valence-corrected chi connectivity index (χ4v) is 2.51. The van der Waals surface area contributed by atoms with Gasteiger partial charge in [-0.2, -0.15) is 0 Å². The van der Waals surface area contributed by atoms with E-state index < -0.39 is 0 Å². The molecule has 0 N–H and O–H groups in total. The molecule has 0 bridgehead atoms. The molecule has 0 aliphatic rings. The maximum absolute atomic E-state index is 5.93. The van der Waals surface area contributed by atoms with E-state index in [-0.39, 0.29) is 0 Å². The number of rotatable bonds is 4. The summed E-state index contributed by atoms with van der Waals surface area (Å²) < 4.78 is 5.93. The van der Waals surface area contributed by atoms with Crippen LogP contribution in [0, 0.1) is 0 Å². The molecule has 0 saturated heterocycles. The summed E-state index contributed by atoms with van der Waals surface area (Å²) in [5, 5.41) is 0.989. The van der Waals surface area contributed by atoms with E-state index in [0.717, 1.165) is 22.2 Å². The van der Waals surface area contributed by atoms with Gasteiger partial charge in [0.1, 0.15) is 12.4 Å². The maximum Gasteiger partial charge on any atom is 0.130 e. The van der Waals surface area contributed by atoms with E-state index in [0.29, 0.717) is 6.61 Å². The molecule has 2 heterocycles. The molecule has 0 spiro atoms. The van der Waals surface area contributed by atoms with Gasteiger partial charge >= 0.3 is 0 Å². The average Bonchev–Trinajstić information content (AvgIpc) is 2.53. The number of pyridine rings is 2. The van der Waals surface area contributed by atoms with Crippen molar-refractivity contribution in [3.63, 3.8) is 0 Å². The van der Waals surface area contributed by atoms with Crippen LogP contribution < -0.4 is 4.74 Å². The second kappa shape index (κ2) is 5.92. The van der Waals surface area contributed by atoms with Crippen molar-refractivity contribution in [2.24, 2.45) is 0 Å². The molecule has 2 aromatic heterocycles. The number of hydrogen-bond acceptors (Lipinski definition) is 4. The van der Waals surface area contributed by atoms with Gasteiger partial charge in [0.2, 0.25) is 0 Å². The second-order valence-electron chi connectivity index (χ2n) is 4.34. The zero-order valence-corrected chi connectivity index (χ0v) is 11.9. The Balaban J connectivity index is 1.83. The number of nitrogens with zero attached hydrogens (tertiary/aromatic N) is 2. The summed E-state index contributed by atoms with van der Waals surface area (Å²) in [5.41, 5.74) is 2.01. The Morgan fingerprint density at radius 1 is 1.15 bits per heavy atom. The predicted molar refractivity (Wildman–Crippen MR) is 82.1 cm³/mol. The SMILES string of the molecule is CSc1cccc(COc2ccnc3cnccc23)c1. The minimum Gasteiger partial charge on any atom is -0.488 e. The highest BCUT2D eigenvalue weighted by molar-refractivity contribution is 7.98. The highest BCUT2D eigenvalue weighted by Gasteiger charge is 2.03. The molecule has 3 aromatic rings. The van der Waals surface area contributed by atoms with Crippen LogP contribution in [-0.4, -0.2) is 16.2 Å². The quantitative estimate of drug-likeness (QED) is 0.679. The molecule has 100 valence electrons. The topological polar surface area (TPSA) is 35.0 Å². The molecule has 3 rings (SSSR count). The average molecular weight is 282 g/mol. The van der Waals surface area contributed by atoms with Gasteiger partial charge in [-0.25, -0.2) is 0 Å². The van der Waals surface area contributed by atoms with Crippen molar-refractivity contribution in [3.8, 4) is 5.75 Å². The van der Waals surface area contributed by atoms with E-state index >= 15 is 0 Å². The Morgan fingerprint density at radius 3 is 3.00 bits per heavy atom. The van der Waals surface area contributed by atoms with Gasteiger partial charge in [0, 0.05) is 22.7 Å². The van der Waals surface area contributed by atoms with Crippen LogP contribution in [0.5, 0.6) is 5.75 Å². The fourth-order valence-electron chi connectivity index (χ4n) is 2.02. The first-order valence-electron chi connectivity index (χ1n) is 6.31. The lowest BCUT2D eigenvalue weighted by atomic mass is 10.2. The number of ether oxygens (including phenoxy) is 1. The molecule has 0 aliphatic carbocycles. The third kappa shape index (κ3) is 2.75. The van der Waals surface area contributed by atoms with Gasteiger partial charge in [-0.3, -0.25) is 9.97 Å². The van der Waals surface area contributed by atoms with Gasteiger partial charge in [-0.1, -0.05) is 12.1 Å². The predicted octanol–water partition coefficient (Wildman–Crippen LogP) is 3.93. The third-order valence-corrected chi connectivity index (χ3v) is 3.76. The monoisotopic (exact) mass is 282 g/mol. The molecule has 20 heavy (non-hydrogen) atoms. The molecule has 0 radical (unpaired) electrons. The van der Waals surface area contributed by atoms with Gasteiger partial charge in [-0.15, -0.1) is 11.8 Å². The van der Waals surface area contributed by atoms with Crippen LogP contribution >= 0.6 is 11.8 Å². The van der Waals surface area contributed by atoms with Crippen LogP contribution in [0.3, 0.4) is 0 Å². The summed E-state index contributed by atoms with van der Waals surface area (Å²) in [6.07, 6.45) is 7.32. The zero-order chi connectivity index (χ0) is 13.8. The zero-order valence-electron chi connectivity index (χ0n) is 11.1. The normalized spacial score (nSPS) is 10.7. The molecule has 0 unspecified atom stereocenters. The maximum atomic E-state index is 5.93. The minimum atomic E-state index is 0.551. The molecule has 0 saturated carbocycles. The fraction of sp³-hybridized carbons (Fsp3) is 0.125. The van der Waals surface area contributed by atoms with Gasteiger partial charge in [0.15, 0.2) is 0 Å². The van der Waals surface area contributed by atoms with Crippen molar-refractivity contribution in [3.05, 3.63) is 60.6 Å². The van der Waals surface area contributed by atoms with Crippen molar-refractivity contribution in [2.45, 2.75) is 11.5 Å². The Morgan fingerprint density at radius 2 is 2.10 bits per heavy atom. The van der Waals surface area contributed by atoms with Crippen molar-refractivity contribution in [2.75, 3.05) is 6.26 Å². The van der Waals surface area contributed by atoms with Crippen LogP contribution in [0.4, 0.5) is 0 Å². The summed E-state index contributed by atoms with van der Waals surface area (Å²) in [7, 11) is 0.